The first-order chi connectivity index (χ1) is 8.52. The summed E-state index contributed by atoms with van der Waals surface area (Å²) in [7, 11) is 1.27. The van der Waals surface area contributed by atoms with E-state index in [0.29, 0.717) is 5.56 Å². The lowest BCUT2D eigenvalue weighted by atomic mass is 10.1. The molecule has 0 atom stereocenters. The second kappa shape index (κ2) is 4.64. The van der Waals surface area contributed by atoms with Crippen molar-refractivity contribution in [2.75, 3.05) is 7.11 Å². The van der Waals surface area contributed by atoms with Crippen LogP contribution in [-0.4, -0.2) is 17.1 Å². The van der Waals surface area contributed by atoms with Gasteiger partial charge in [0.2, 0.25) is 5.88 Å². The van der Waals surface area contributed by atoms with Crippen LogP contribution in [0.3, 0.4) is 0 Å². The van der Waals surface area contributed by atoms with Crippen molar-refractivity contribution in [3.63, 3.8) is 0 Å². The van der Waals surface area contributed by atoms with Crippen LogP contribution in [0.2, 0.25) is 0 Å². The van der Waals surface area contributed by atoms with Crippen LogP contribution in [-0.2, 0) is 6.18 Å². The van der Waals surface area contributed by atoms with Gasteiger partial charge in [0.05, 0.1) is 7.11 Å². The van der Waals surface area contributed by atoms with E-state index in [2.05, 4.69) is 9.97 Å². The first-order valence-corrected chi connectivity index (χ1v) is 5.05. The maximum absolute atomic E-state index is 12.9. The summed E-state index contributed by atoms with van der Waals surface area (Å²) in [5, 5.41) is 0. The average Bonchev–Trinajstić information content (AvgIpc) is 2.38. The van der Waals surface area contributed by atoms with Gasteiger partial charge in [0.25, 0.3) is 0 Å². The Morgan fingerprint density at radius 3 is 2.50 bits per heavy atom. The highest BCUT2D eigenvalue weighted by molar-refractivity contribution is 5.66. The van der Waals surface area contributed by atoms with Crippen molar-refractivity contribution in [1.29, 1.82) is 0 Å². The number of hydrogen-bond acceptors (Lipinski definition) is 3. The summed E-state index contributed by atoms with van der Waals surface area (Å²) in [6, 6.07) is 5.83. The van der Waals surface area contributed by atoms with Crippen molar-refractivity contribution < 1.29 is 17.9 Å². The molecule has 0 spiro atoms. The lowest BCUT2D eigenvalue weighted by Gasteiger charge is -2.12. The normalized spacial score (nSPS) is 11.3. The third-order valence-corrected chi connectivity index (χ3v) is 2.32. The predicted molar refractivity (Wildman–Crippen MR) is 59.0 cm³/mol. The van der Waals surface area contributed by atoms with Crippen molar-refractivity contribution in [2.24, 2.45) is 0 Å². The van der Waals surface area contributed by atoms with E-state index in [1.807, 2.05) is 0 Å². The molecule has 2 heterocycles. The topological polar surface area (TPSA) is 35.0 Å². The smallest absolute Gasteiger partial charge is 0.434 e. The molecule has 0 unspecified atom stereocenters. The van der Waals surface area contributed by atoms with Gasteiger partial charge in [-0.25, -0.2) is 4.98 Å². The van der Waals surface area contributed by atoms with Gasteiger partial charge in [0, 0.05) is 29.6 Å². The quantitative estimate of drug-likeness (QED) is 0.825. The number of halogens is 3. The number of alkyl halides is 3. The summed E-state index contributed by atoms with van der Waals surface area (Å²) in [5.41, 5.74) is -0.633. The van der Waals surface area contributed by atoms with E-state index < -0.39 is 11.9 Å². The molecule has 2 rings (SSSR count). The number of pyridine rings is 2. The molecule has 0 saturated carbocycles. The minimum absolute atomic E-state index is 0.0172. The molecule has 0 aromatic carbocycles. The van der Waals surface area contributed by atoms with E-state index >= 15 is 0 Å². The van der Waals surface area contributed by atoms with Gasteiger partial charge >= 0.3 is 6.18 Å². The monoisotopic (exact) mass is 254 g/mol. The van der Waals surface area contributed by atoms with Gasteiger partial charge in [-0.1, -0.05) is 6.07 Å². The first-order valence-electron chi connectivity index (χ1n) is 5.05. The third-order valence-electron chi connectivity index (χ3n) is 2.32. The Labute approximate surface area is 101 Å². The Kier molecular flexibility index (Phi) is 3.18. The molecule has 0 amide bonds. The van der Waals surface area contributed by atoms with Crippen LogP contribution in [0.4, 0.5) is 13.2 Å². The Morgan fingerprint density at radius 1 is 1.17 bits per heavy atom. The van der Waals surface area contributed by atoms with Crippen LogP contribution in [0, 0.1) is 0 Å². The van der Waals surface area contributed by atoms with Crippen molar-refractivity contribution in [2.45, 2.75) is 6.18 Å². The molecule has 0 bridgehead atoms. The zero-order valence-electron chi connectivity index (χ0n) is 9.40. The second-order valence-corrected chi connectivity index (χ2v) is 3.49. The molecular weight excluding hydrogens is 245 g/mol. The standard InChI is InChI=1S/C12H9F3N2O/c1-18-10-5-4-9(8-3-2-6-16-7-8)11(17-10)12(13,14)15/h2-7H,1H3. The largest absolute Gasteiger partial charge is 0.481 e. The highest BCUT2D eigenvalue weighted by atomic mass is 19.4. The predicted octanol–water partition coefficient (Wildman–Crippen LogP) is 3.17. The second-order valence-electron chi connectivity index (χ2n) is 3.49. The number of ether oxygens (including phenoxy) is 1. The first kappa shape index (κ1) is 12.3. The van der Waals surface area contributed by atoms with Crippen LogP contribution >= 0.6 is 0 Å². The molecule has 2 aromatic heterocycles. The van der Waals surface area contributed by atoms with E-state index in [0.717, 1.165) is 0 Å². The van der Waals surface area contributed by atoms with Gasteiger partial charge in [-0.3, -0.25) is 4.98 Å². The van der Waals surface area contributed by atoms with E-state index in [1.54, 1.807) is 12.1 Å². The van der Waals surface area contributed by atoms with Crippen molar-refractivity contribution in [3.05, 3.63) is 42.4 Å². The van der Waals surface area contributed by atoms with Crippen LogP contribution < -0.4 is 4.74 Å². The van der Waals surface area contributed by atoms with Crippen LogP contribution in [0.25, 0.3) is 11.1 Å². The molecule has 0 N–H and O–H groups in total. The van der Waals surface area contributed by atoms with Crippen LogP contribution in [0.1, 0.15) is 5.69 Å². The van der Waals surface area contributed by atoms with Gasteiger partial charge in [0.1, 0.15) is 0 Å². The van der Waals surface area contributed by atoms with Gasteiger partial charge in [-0.05, 0) is 12.1 Å². The molecule has 3 nitrogen and oxygen atoms in total. The summed E-state index contributed by atoms with van der Waals surface area (Å²) in [6.07, 6.45) is -1.69. The molecule has 94 valence electrons. The Hall–Kier alpha value is -2.11. The molecule has 0 radical (unpaired) electrons. The lowest BCUT2D eigenvalue weighted by molar-refractivity contribution is -0.140. The van der Waals surface area contributed by atoms with Crippen molar-refractivity contribution >= 4 is 0 Å². The summed E-state index contributed by atoms with van der Waals surface area (Å²) >= 11 is 0. The van der Waals surface area contributed by atoms with Gasteiger partial charge in [-0.15, -0.1) is 0 Å². The fraction of sp³-hybridized carbons (Fsp3) is 0.167. The van der Waals surface area contributed by atoms with E-state index in [-0.39, 0.29) is 11.4 Å². The van der Waals surface area contributed by atoms with Gasteiger partial charge < -0.3 is 4.74 Å². The highest BCUT2D eigenvalue weighted by Gasteiger charge is 2.36. The molecular formula is C12H9F3N2O. The minimum Gasteiger partial charge on any atom is -0.481 e. The zero-order valence-corrected chi connectivity index (χ0v) is 9.40. The van der Waals surface area contributed by atoms with Gasteiger partial charge in [0.15, 0.2) is 5.69 Å². The Bertz CT molecular complexity index is 541. The molecule has 2 aromatic rings. The van der Waals surface area contributed by atoms with Crippen LogP contribution in [0.15, 0.2) is 36.7 Å². The number of hydrogen-bond donors (Lipinski definition) is 0. The van der Waals surface area contributed by atoms with E-state index in [4.69, 9.17) is 4.74 Å². The SMILES string of the molecule is COc1ccc(-c2cccnc2)c(C(F)(F)F)n1. The fourth-order valence-electron chi connectivity index (χ4n) is 1.53. The Morgan fingerprint density at radius 2 is 1.94 bits per heavy atom. The summed E-state index contributed by atoms with van der Waals surface area (Å²) in [4.78, 5) is 7.26. The van der Waals surface area contributed by atoms with Crippen molar-refractivity contribution in [1.82, 2.24) is 9.97 Å². The molecule has 0 aliphatic carbocycles. The molecule has 0 aliphatic heterocycles. The number of aromatic nitrogens is 2. The minimum atomic E-state index is -4.54. The maximum Gasteiger partial charge on any atom is 0.434 e. The third kappa shape index (κ3) is 2.42. The molecule has 0 fully saturated rings. The van der Waals surface area contributed by atoms with E-state index in [9.17, 15) is 13.2 Å². The summed E-state index contributed by atoms with van der Waals surface area (Å²) < 4.78 is 43.4. The molecule has 18 heavy (non-hydrogen) atoms. The highest BCUT2D eigenvalue weighted by Crippen LogP contribution is 2.36. The number of methoxy groups -OCH3 is 1. The Balaban J connectivity index is 2.61. The van der Waals surface area contributed by atoms with Gasteiger partial charge in [-0.2, -0.15) is 13.2 Å². The molecule has 0 aliphatic rings. The fourth-order valence-corrected chi connectivity index (χ4v) is 1.53. The average molecular weight is 254 g/mol. The maximum atomic E-state index is 12.9. The van der Waals surface area contributed by atoms with E-state index in [1.165, 1.54) is 31.6 Å². The number of nitrogens with zero attached hydrogens (tertiary/aromatic N) is 2. The lowest BCUT2D eigenvalue weighted by Crippen LogP contribution is -2.10. The molecule has 6 heteroatoms. The summed E-state index contributed by atoms with van der Waals surface area (Å²) in [6.45, 7) is 0. The summed E-state index contributed by atoms with van der Waals surface area (Å²) in [5.74, 6) is -0.0741. The zero-order chi connectivity index (χ0) is 13.2. The van der Waals surface area contributed by atoms with Crippen LogP contribution in [0.5, 0.6) is 5.88 Å². The van der Waals surface area contributed by atoms with Crippen molar-refractivity contribution in [3.8, 4) is 17.0 Å². The number of rotatable bonds is 2. The molecule has 0 saturated heterocycles.